The van der Waals surface area contributed by atoms with Gasteiger partial charge in [-0.25, -0.2) is 4.39 Å². The molecule has 0 spiro atoms. The second kappa shape index (κ2) is 10.2. The molecule has 3 rings (SSSR count). The molecule has 1 aromatic heterocycles. The van der Waals surface area contributed by atoms with Crippen molar-refractivity contribution in [3.05, 3.63) is 71.3 Å². The molecule has 1 atom stereocenters. The molecule has 0 saturated carbocycles. The van der Waals surface area contributed by atoms with E-state index in [1.807, 2.05) is 24.3 Å². The number of thioether (sulfide) groups is 1. The number of rotatable bonds is 8. The van der Waals surface area contributed by atoms with Gasteiger partial charge in [0.25, 0.3) is 5.91 Å². The summed E-state index contributed by atoms with van der Waals surface area (Å²) in [5.74, 6) is -0.604. The van der Waals surface area contributed by atoms with Crippen molar-refractivity contribution in [2.24, 2.45) is 7.05 Å². The summed E-state index contributed by atoms with van der Waals surface area (Å²) in [5, 5.41) is 14.3. The zero-order valence-corrected chi connectivity index (χ0v) is 18.4. The average molecular weight is 442 g/mol. The Balaban J connectivity index is 1.57. The Bertz CT molecular complexity index is 1070. The van der Waals surface area contributed by atoms with Crippen LogP contribution in [0.25, 0.3) is 0 Å². The molecular formula is C22H24FN5O2S. The number of carbonyl (C=O) groups excluding carboxylic acids is 2. The molecule has 3 aromatic rings. The second-order valence-corrected chi connectivity index (χ2v) is 7.90. The molecule has 0 radical (unpaired) electrons. The van der Waals surface area contributed by atoms with E-state index in [2.05, 4.69) is 27.8 Å². The van der Waals surface area contributed by atoms with Crippen LogP contribution in [0.4, 0.5) is 10.1 Å². The summed E-state index contributed by atoms with van der Waals surface area (Å²) < 4.78 is 15.5. The molecule has 31 heavy (non-hydrogen) atoms. The molecule has 0 aliphatic rings. The number of anilines is 1. The van der Waals surface area contributed by atoms with Gasteiger partial charge >= 0.3 is 0 Å². The summed E-state index contributed by atoms with van der Waals surface area (Å²) in [7, 11) is 1.75. The lowest BCUT2D eigenvalue weighted by atomic mass is 10.1. The molecule has 2 aromatic carbocycles. The van der Waals surface area contributed by atoms with E-state index in [9.17, 15) is 14.0 Å². The minimum absolute atomic E-state index is 0.0326. The molecule has 0 unspecified atom stereocenters. The van der Waals surface area contributed by atoms with Gasteiger partial charge in [-0.2, -0.15) is 0 Å². The fraction of sp³-hybridized carbons (Fsp3) is 0.273. The topological polar surface area (TPSA) is 88.9 Å². The molecule has 0 saturated heterocycles. The van der Waals surface area contributed by atoms with E-state index in [0.717, 1.165) is 12.1 Å². The number of hydrogen-bond acceptors (Lipinski definition) is 5. The van der Waals surface area contributed by atoms with Gasteiger partial charge in [-0.05, 0) is 43.2 Å². The second-order valence-electron chi connectivity index (χ2n) is 6.96. The summed E-state index contributed by atoms with van der Waals surface area (Å²) >= 11 is 1.24. The molecule has 162 valence electrons. The lowest BCUT2D eigenvalue weighted by Gasteiger charge is -2.14. The van der Waals surface area contributed by atoms with Crippen molar-refractivity contribution in [1.82, 2.24) is 20.1 Å². The minimum atomic E-state index is -0.586. The normalized spacial score (nSPS) is 11.7. The molecule has 0 bridgehead atoms. The summed E-state index contributed by atoms with van der Waals surface area (Å²) in [6, 6.07) is 13.0. The predicted molar refractivity (Wildman–Crippen MR) is 118 cm³/mol. The van der Waals surface area contributed by atoms with E-state index >= 15 is 0 Å². The van der Waals surface area contributed by atoms with Crippen LogP contribution < -0.4 is 10.6 Å². The third-order valence-electron chi connectivity index (χ3n) is 4.70. The largest absolute Gasteiger partial charge is 0.342 e. The molecule has 2 N–H and O–H groups in total. The van der Waals surface area contributed by atoms with Crippen molar-refractivity contribution in [3.8, 4) is 0 Å². The van der Waals surface area contributed by atoms with Gasteiger partial charge in [0.05, 0.1) is 17.4 Å². The van der Waals surface area contributed by atoms with Crippen LogP contribution in [0.2, 0.25) is 0 Å². The third-order valence-corrected chi connectivity index (χ3v) is 5.72. The van der Waals surface area contributed by atoms with E-state index < -0.39 is 17.8 Å². The standard InChI is InChI=1S/C22H24FN5O2S/c1-4-15-9-11-16(12-10-15)25-19(29)13-31-22-27-26-20(28(22)3)14(2)24-21(30)17-7-5-6-8-18(17)23/h5-12,14H,4,13H2,1-3H3,(H,24,30)(H,25,29)/t14-/m0/s1. The average Bonchev–Trinajstić information content (AvgIpc) is 3.13. The van der Waals surface area contributed by atoms with Crippen LogP contribution in [0.15, 0.2) is 53.7 Å². The van der Waals surface area contributed by atoms with Crippen LogP contribution in [0.1, 0.15) is 41.6 Å². The smallest absolute Gasteiger partial charge is 0.254 e. The molecule has 0 aliphatic carbocycles. The zero-order valence-electron chi connectivity index (χ0n) is 17.6. The number of carbonyl (C=O) groups is 2. The summed E-state index contributed by atoms with van der Waals surface area (Å²) in [4.78, 5) is 24.6. The fourth-order valence-corrected chi connectivity index (χ4v) is 3.68. The summed E-state index contributed by atoms with van der Waals surface area (Å²) in [5.41, 5.74) is 1.91. The third kappa shape index (κ3) is 5.69. The highest BCUT2D eigenvalue weighted by Gasteiger charge is 2.20. The van der Waals surface area contributed by atoms with Crippen LogP contribution in [0.3, 0.4) is 0 Å². The number of hydrogen-bond donors (Lipinski definition) is 2. The molecule has 0 fully saturated rings. The first-order valence-electron chi connectivity index (χ1n) is 9.85. The van der Waals surface area contributed by atoms with Gasteiger partial charge in [-0.3, -0.25) is 9.59 Å². The lowest BCUT2D eigenvalue weighted by molar-refractivity contribution is -0.113. The van der Waals surface area contributed by atoms with Crippen molar-refractivity contribution in [2.45, 2.75) is 31.5 Å². The molecule has 7 nitrogen and oxygen atoms in total. The lowest BCUT2D eigenvalue weighted by Crippen LogP contribution is -2.29. The van der Waals surface area contributed by atoms with Crippen LogP contribution in [-0.4, -0.2) is 32.3 Å². The van der Waals surface area contributed by atoms with Gasteiger partial charge in [0.15, 0.2) is 11.0 Å². The Morgan fingerprint density at radius 3 is 2.52 bits per heavy atom. The van der Waals surface area contributed by atoms with E-state index in [4.69, 9.17) is 0 Å². The van der Waals surface area contributed by atoms with Gasteiger partial charge in [0.2, 0.25) is 5.91 Å². The molecule has 1 heterocycles. The number of nitrogens with zero attached hydrogens (tertiary/aromatic N) is 3. The van der Waals surface area contributed by atoms with Crippen molar-refractivity contribution < 1.29 is 14.0 Å². The highest BCUT2D eigenvalue weighted by atomic mass is 32.2. The first kappa shape index (κ1) is 22.5. The Morgan fingerprint density at radius 2 is 1.84 bits per heavy atom. The molecule has 0 aliphatic heterocycles. The maximum absolute atomic E-state index is 13.8. The van der Waals surface area contributed by atoms with E-state index in [0.29, 0.717) is 11.0 Å². The SMILES string of the molecule is CCc1ccc(NC(=O)CSc2nnc([C@H](C)NC(=O)c3ccccc3F)n2C)cc1. The number of nitrogens with one attached hydrogen (secondary N) is 2. The van der Waals surface area contributed by atoms with Gasteiger partial charge in [0.1, 0.15) is 5.82 Å². The molecular weight excluding hydrogens is 417 g/mol. The van der Waals surface area contributed by atoms with Crippen molar-refractivity contribution in [3.63, 3.8) is 0 Å². The van der Waals surface area contributed by atoms with Crippen LogP contribution >= 0.6 is 11.8 Å². The van der Waals surface area contributed by atoms with Gasteiger partial charge < -0.3 is 15.2 Å². The monoisotopic (exact) mass is 441 g/mol. The first-order valence-corrected chi connectivity index (χ1v) is 10.8. The number of aryl methyl sites for hydroxylation is 1. The van der Waals surface area contributed by atoms with Crippen molar-refractivity contribution >= 4 is 29.3 Å². The Labute approximate surface area is 184 Å². The van der Waals surface area contributed by atoms with Gasteiger partial charge in [-0.1, -0.05) is 43.0 Å². The maximum Gasteiger partial charge on any atom is 0.254 e. The Morgan fingerprint density at radius 1 is 1.13 bits per heavy atom. The van der Waals surface area contributed by atoms with Crippen molar-refractivity contribution in [1.29, 1.82) is 0 Å². The quantitative estimate of drug-likeness (QED) is 0.520. The number of amides is 2. The van der Waals surface area contributed by atoms with E-state index in [1.54, 1.807) is 24.6 Å². The fourth-order valence-electron chi connectivity index (χ4n) is 2.96. The number of benzene rings is 2. The highest BCUT2D eigenvalue weighted by Crippen LogP contribution is 2.20. The van der Waals surface area contributed by atoms with E-state index in [-0.39, 0.29) is 17.2 Å². The van der Waals surface area contributed by atoms with Crippen LogP contribution in [0.5, 0.6) is 0 Å². The maximum atomic E-state index is 13.8. The first-order chi connectivity index (χ1) is 14.9. The van der Waals surface area contributed by atoms with Crippen molar-refractivity contribution in [2.75, 3.05) is 11.1 Å². The minimum Gasteiger partial charge on any atom is -0.342 e. The Hall–Kier alpha value is -3.20. The van der Waals surface area contributed by atoms with Crippen LogP contribution in [-0.2, 0) is 18.3 Å². The predicted octanol–water partition coefficient (Wildman–Crippen LogP) is 3.74. The van der Waals surface area contributed by atoms with Crippen LogP contribution in [0, 0.1) is 5.82 Å². The van der Waals surface area contributed by atoms with Gasteiger partial charge in [0, 0.05) is 12.7 Å². The molecule has 9 heteroatoms. The zero-order chi connectivity index (χ0) is 22.4. The Kier molecular flexibility index (Phi) is 7.41. The highest BCUT2D eigenvalue weighted by molar-refractivity contribution is 7.99. The molecule has 2 amide bonds. The number of aromatic nitrogens is 3. The summed E-state index contributed by atoms with van der Waals surface area (Å²) in [6.07, 6.45) is 0.942. The summed E-state index contributed by atoms with van der Waals surface area (Å²) in [6.45, 7) is 3.81. The number of halogens is 1. The van der Waals surface area contributed by atoms with Gasteiger partial charge in [-0.15, -0.1) is 10.2 Å². The van der Waals surface area contributed by atoms with E-state index in [1.165, 1.54) is 35.5 Å².